The second-order valence-electron chi connectivity index (χ2n) is 9.78. The lowest BCUT2D eigenvalue weighted by Gasteiger charge is -2.29. The van der Waals surface area contributed by atoms with Crippen LogP contribution in [-0.4, -0.2) is 17.2 Å². The largest absolute Gasteiger partial charge is 1.00 e. The van der Waals surface area contributed by atoms with Crippen LogP contribution in [-0.2, 0) is 4.79 Å². The van der Waals surface area contributed by atoms with Crippen LogP contribution in [0.1, 0.15) is 59.1 Å². The molecule has 0 bridgehead atoms. The minimum Gasteiger partial charge on any atom is -1.00 e. The van der Waals surface area contributed by atoms with Crippen LogP contribution >= 0.6 is 7.26 Å². The molecule has 0 fully saturated rings. The molecule has 2 nitrogen and oxygen atoms in total. The summed E-state index contributed by atoms with van der Waals surface area (Å²) >= 11 is 0. The molecule has 34 heavy (non-hydrogen) atoms. The van der Waals surface area contributed by atoms with Gasteiger partial charge in [-0.1, -0.05) is 18.2 Å². The lowest BCUT2D eigenvalue weighted by Crippen LogP contribution is -3.00. The van der Waals surface area contributed by atoms with Crippen molar-refractivity contribution in [3.8, 4) is 0 Å². The van der Waals surface area contributed by atoms with Crippen LogP contribution < -0.4 is 32.9 Å². The van der Waals surface area contributed by atoms with E-state index in [1.165, 1.54) is 49.3 Å². The van der Waals surface area contributed by atoms with Gasteiger partial charge < -0.3 is 22.1 Å². The lowest BCUT2D eigenvalue weighted by atomic mass is 10.1. The third kappa shape index (κ3) is 6.80. The number of halogens is 1. The molecule has 0 aliphatic rings. The Morgan fingerprint density at radius 2 is 0.912 bits per heavy atom. The van der Waals surface area contributed by atoms with Crippen molar-refractivity contribution in [2.24, 2.45) is 0 Å². The van der Waals surface area contributed by atoms with E-state index in [-0.39, 0.29) is 23.4 Å². The highest BCUT2D eigenvalue weighted by atomic mass is 79.9. The molecule has 1 N–H and O–H groups in total. The van der Waals surface area contributed by atoms with Crippen LogP contribution in [0.3, 0.4) is 0 Å². The van der Waals surface area contributed by atoms with Crippen LogP contribution in [0.25, 0.3) is 0 Å². The van der Waals surface area contributed by atoms with Crippen molar-refractivity contribution in [1.82, 2.24) is 0 Å². The summed E-state index contributed by atoms with van der Waals surface area (Å²) in [5, 5.41) is 13.4. The summed E-state index contributed by atoms with van der Waals surface area (Å²) in [7, 11) is -1.93. The van der Waals surface area contributed by atoms with Crippen LogP contribution in [0.4, 0.5) is 0 Å². The number of aryl methyl sites for hydroxylation is 6. The Labute approximate surface area is 216 Å². The average molecular weight is 542 g/mol. The van der Waals surface area contributed by atoms with E-state index >= 15 is 0 Å². The number of unbranched alkanes of at least 4 members (excludes halogenated alkanes) is 2. The Morgan fingerprint density at radius 3 is 1.21 bits per heavy atom. The molecule has 0 atom stereocenters. The van der Waals surface area contributed by atoms with Gasteiger partial charge in [-0.25, -0.2) is 0 Å². The minimum atomic E-state index is -1.93. The molecule has 3 aromatic rings. The fourth-order valence-electron chi connectivity index (χ4n) is 5.15. The van der Waals surface area contributed by atoms with Crippen LogP contribution in [0.5, 0.6) is 0 Å². The first-order valence-corrected chi connectivity index (χ1v) is 13.9. The molecule has 0 aliphatic carbocycles. The Balaban J connectivity index is 0.00000408. The lowest BCUT2D eigenvalue weighted by molar-refractivity contribution is -0.137. The van der Waals surface area contributed by atoms with Gasteiger partial charge in [-0.2, -0.15) is 0 Å². The van der Waals surface area contributed by atoms with Crippen molar-refractivity contribution in [2.45, 2.75) is 67.2 Å². The second-order valence-corrected chi connectivity index (χ2v) is 13.4. The zero-order valence-electron chi connectivity index (χ0n) is 21.4. The molecule has 182 valence electrons. The average Bonchev–Trinajstić information content (AvgIpc) is 2.68. The van der Waals surface area contributed by atoms with Crippen LogP contribution in [0.2, 0.25) is 0 Å². The SMILES string of the molecule is Cc1cc(C)cc([P+](CCCCCC(=O)O)(c2cc(C)cc(C)c2)c2cc(C)cc(C)c2)c1.[Br-]. The minimum absolute atomic E-state index is 0. The highest BCUT2D eigenvalue weighted by Crippen LogP contribution is 2.56. The second kappa shape index (κ2) is 12.1. The number of hydrogen-bond acceptors (Lipinski definition) is 1. The number of hydrogen-bond donors (Lipinski definition) is 1. The van der Waals surface area contributed by atoms with Crippen molar-refractivity contribution in [3.63, 3.8) is 0 Å². The highest BCUT2D eigenvalue weighted by molar-refractivity contribution is 7.95. The number of carboxylic acids is 1. The predicted octanol–water partition coefficient (Wildman–Crippen LogP) is 3.48. The number of benzene rings is 3. The quantitative estimate of drug-likeness (QED) is 0.333. The Hall–Kier alpha value is -1.96. The molecule has 3 rings (SSSR count). The first kappa shape index (κ1) is 28.3. The molecule has 0 radical (unpaired) electrons. The van der Waals surface area contributed by atoms with Gasteiger partial charge in [-0.15, -0.1) is 0 Å². The van der Waals surface area contributed by atoms with Crippen molar-refractivity contribution < 1.29 is 26.9 Å². The first-order valence-electron chi connectivity index (χ1n) is 12.0. The summed E-state index contributed by atoms with van der Waals surface area (Å²) in [6.07, 6.45) is 4.01. The van der Waals surface area contributed by atoms with Crippen molar-refractivity contribution in [2.75, 3.05) is 6.16 Å². The topological polar surface area (TPSA) is 37.3 Å². The van der Waals surface area contributed by atoms with E-state index in [4.69, 9.17) is 5.11 Å². The normalized spacial score (nSPS) is 11.2. The smallest absolute Gasteiger partial charge is 0.303 e. The number of rotatable bonds is 9. The van der Waals surface area contributed by atoms with Gasteiger partial charge in [0, 0.05) is 6.42 Å². The Bertz CT molecular complexity index is 967. The molecule has 0 spiro atoms. The standard InChI is InChI=1S/C30H37O2P.BrH/c1-21-12-22(2)16-27(15-21)33(11-9-7-8-10-30(31)32,28-17-23(3)13-24(4)18-28)29-19-25(5)14-26(6)20-29;/h12-20H,7-11H2,1-6H3;1H. The molecular formula is C30H38BrO2P. The van der Waals surface area contributed by atoms with E-state index in [0.717, 1.165) is 25.4 Å². The van der Waals surface area contributed by atoms with Gasteiger partial charge in [-0.05, 0) is 131 Å². The maximum absolute atomic E-state index is 11.1. The maximum atomic E-state index is 11.1. The maximum Gasteiger partial charge on any atom is 0.303 e. The van der Waals surface area contributed by atoms with Gasteiger partial charge in [0.2, 0.25) is 0 Å². The van der Waals surface area contributed by atoms with Crippen molar-refractivity contribution >= 4 is 29.1 Å². The Morgan fingerprint density at radius 1 is 0.588 bits per heavy atom. The van der Waals surface area contributed by atoms with Gasteiger partial charge in [0.05, 0.1) is 6.16 Å². The number of carbonyl (C=O) groups is 1. The molecule has 3 aromatic carbocycles. The number of aliphatic carboxylic acids is 1. The summed E-state index contributed by atoms with van der Waals surface area (Å²) in [6.45, 7) is 13.2. The van der Waals surface area contributed by atoms with Gasteiger partial charge in [0.15, 0.2) is 0 Å². The third-order valence-electron chi connectivity index (χ3n) is 6.33. The van der Waals surface area contributed by atoms with E-state index in [9.17, 15) is 4.79 Å². The molecule has 0 unspecified atom stereocenters. The monoisotopic (exact) mass is 540 g/mol. The van der Waals surface area contributed by atoms with Crippen molar-refractivity contribution in [1.29, 1.82) is 0 Å². The predicted molar refractivity (Wildman–Crippen MR) is 145 cm³/mol. The molecule has 0 aliphatic heterocycles. The fraction of sp³-hybridized carbons (Fsp3) is 0.367. The summed E-state index contributed by atoms with van der Waals surface area (Å²) in [5.41, 5.74) is 7.80. The Kier molecular flexibility index (Phi) is 10.1. The van der Waals surface area contributed by atoms with E-state index in [1.54, 1.807) is 0 Å². The van der Waals surface area contributed by atoms with Crippen LogP contribution in [0, 0.1) is 41.5 Å². The van der Waals surface area contributed by atoms with Gasteiger partial charge in [0.25, 0.3) is 0 Å². The highest BCUT2D eigenvalue weighted by Gasteiger charge is 2.45. The van der Waals surface area contributed by atoms with E-state index < -0.39 is 13.2 Å². The molecule has 0 saturated carbocycles. The van der Waals surface area contributed by atoms with E-state index in [2.05, 4.69) is 96.1 Å². The van der Waals surface area contributed by atoms with Crippen LogP contribution in [0.15, 0.2) is 54.6 Å². The summed E-state index contributed by atoms with van der Waals surface area (Å²) < 4.78 is 0. The summed E-state index contributed by atoms with van der Waals surface area (Å²) in [4.78, 5) is 11.1. The molecule has 4 heteroatoms. The van der Waals surface area contributed by atoms with Gasteiger partial charge >= 0.3 is 5.97 Å². The third-order valence-corrected chi connectivity index (χ3v) is 10.7. The van der Waals surface area contributed by atoms with E-state index in [1.807, 2.05) is 0 Å². The molecule has 0 aromatic heterocycles. The van der Waals surface area contributed by atoms with Gasteiger partial charge in [0.1, 0.15) is 23.2 Å². The number of carboxylic acid groups (broad SMARTS) is 1. The van der Waals surface area contributed by atoms with Crippen molar-refractivity contribution in [3.05, 3.63) is 88.0 Å². The zero-order valence-corrected chi connectivity index (χ0v) is 23.9. The molecular weight excluding hydrogens is 503 g/mol. The zero-order chi connectivity index (χ0) is 24.2. The molecule has 0 saturated heterocycles. The van der Waals surface area contributed by atoms with Gasteiger partial charge in [-0.3, -0.25) is 4.79 Å². The first-order chi connectivity index (χ1) is 15.6. The molecule has 0 heterocycles. The summed E-state index contributed by atoms with van der Waals surface area (Å²) in [6, 6.07) is 21.2. The van der Waals surface area contributed by atoms with E-state index in [0.29, 0.717) is 0 Å². The fourth-order valence-corrected chi connectivity index (χ4v) is 10.1. The summed E-state index contributed by atoms with van der Waals surface area (Å²) in [5.74, 6) is -0.700. The molecule has 0 amide bonds.